The van der Waals surface area contributed by atoms with Gasteiger partial charge in [-0.25, -0.2) is 0 Å². The summed E-state index contributed by atoms with van der Waals surface area (Å²) in [6.07, 6.45) is 0. The van der Waals surface area contributed by atoms with E-state index in [-0.39, 0.29) is 0 Å². The Morgan fingerprint density at radius 1 is 0.300 bits per heavy atom. The molecule has 0 amide bonds. The Hall–Kier alpha value is -5.86. The Labute approximate surface area is 293 Å². The number of rotatable bonds is 4. The molecule has 242 valence electrons. The molecule has 2 heteroatoms. The quantitative estimate of drug-likeness (QED) is 0.180. The maximum Gasteiger partial charge on any atom is 0.0541 e. The van der Waals surface area contributed by atoms with Crippen molar-refractivity contribution in [2.75, 3.05) is 0 Å². The lowest BCUT2D eigenvalue weighted by Gasteiger charge is -2.14. The molecule has 0 saturated carbocycles. The normalized spacial score (nSPS) is 11.8. The summed E-state index contributed by atoms with van der Waals surface area (Å²) in [6.45, 7) is 13.2. The zero-order valence-corrected chi connectivity index (χ0v) is 29.6. The average Bonchev–Trinajstić information content (AvgIpc) is 3.61. The lowest BCUT2D eigenvalue weighted by Crippen LogP contribution is -1.94. The molecule has 9 aromatic rings. The minimum Gasteiger partial charge on any atom is -0.309 e. The zero-order chi connectivity index (χ0) is 34.3. The van der Waals surface area contributed by atoms with Crippen molar-refractivity contribution in [3.8, 4) is 33.6 Å². The number of benzene rings is 7. The Morgan fingerprint density at radius 3 is 1.00 bits per heavy atom. The smallest absolute Gasteiger partial charge is 0.0541 e. The van der Waals surface area contributed by atoms with E-state index in [1.54, 1.807) is 0 Å². The molecule has 0 unspecified atom stereocenters. The van der Waals surface area contributed by atoms with Crippen LogP contribution >= 0.6 is 0 Å². The summed E-state index contributed by atoms with van der Waals surface area (Å²) in [5.41, 5.74) is 20.0. The first-order valence-electron chi connectivity index (χ1n) is 17.6. The molecule has 0 aliphatic carbocycles. The SMILES string of the molecule is Cc1ccc(-n2c3ccc(C)cc3c3cc(-c4cc(C)c(-c5ccc6c(c5)c5cc(C)ccc5n6-c5ccc(C)cc5)cc4C)ccc32)cc1. The topological polar surface area (TPSA) is 9.86 Å². The van der Waals surface area contributed by atoms with Crippen molar-refractivity contribution >= 4 is 43.6 Å². The van der Waals surface area contributed by atoms with Gasteiger partial charge < -0.3 is 9.13 Å². The molecule has 0 atom stereocenters. The lowest BCUT2D eigenvalue weighted by atomic mass is 9.91. The molecule has 0 radical (unpaired) electrons. The second-order valence-electron chi connectivity index (χ2n) is 14.3. The van der Waals surface area contributed by atoms with Gasteiger partial charge in [0.25, 0.3) is 0 Å². The van der Waals surface area contributed by atoms with Crippen molar-refractivity contribution in [1.82, 2.24) is 9.13 Å². The fourth-order valence-corrected chi connectivity index (χ4v) is 7.99. The second kappa shape index (κ2) is 11.4. The molecule has 2 heterocycles. The summed E-state index contributed by atoms with van der Waals surface area (Å²) in [5, 5.41) is 5.16. The Balaban J connectivity index is 1.18. The summed E-state index contributed by atoms with van der Waals surface area (Å²) in [6, 6.07) is 50.2. The van der Waals surface area contributed by atoms with E-state index in [2.05, 4.69) is 184 Å². The van der Waals surface area contributed by atoms with Gasteiger partial charge in [-0.3, -0.25) is 0 Å². The molecule has 0 N–H and O–H groups in total. The van der Waals surface area contributed by atoms with Crippen molar-refractivity contribution in [3.63, 3.8) is 0 Å². The number of hydrogen-bond donors (Lipinski definition) is 0. The van der Waals surface area contributed by atoms with Crippen LogP contribution in [0.2, 0.25) is 0 Å². The van der Waals surface area contributed by atoms with Crippen LogP contribution in [0.3, 0.4) is 0 Å². The summed E-state index contributed by atoms with van der Waals surface area (Å²) < 4.78 is 4.81. The largest absolute Gasteiger partial charge is 0.309 e. The summed E-state index contributed by atoms with van der Waals surface area (Å²) >= 11 is 0. The first-order valence-corrected chi connectivity index (χ1v) is 17.6. The van der Waals surface area contributed by atoms with Crippen LogP contribution in [0.1, 0.15) is 33.4 Å². The van der Waals surface area contributed by atoms with E-state index >= 15 is 0 Å². The zero-order valence-electron chi connectivity index (χ0n) is 29.6. The third-order valence-corrected chi connectivity index (χ3v) is 10.6. The first kappa shape index (κ1) is 30.2. The van der Waals surface area contributed by atoms with Gasteiger partial charge in [0.1, 0.15) is 0 Å². The molecule has 0 fully saturated rings. The van der Waals surface area contributed by atoms with Crippen LogP contribution in [0.4, 0.5) is 0 Å². The Morgan fingerprint density at radius 2 is 0.620 bits per heavy atom. The lowest BCUT2D eigenvalue weighted by molar-refractivity contribution is 1.17. The van der Waals surface area contributed by atoms with Gasteiger partial charge in [-0.15, -0.1) is 0 Å². The molecular formula is C48H40N2. The van der Waals surface area contributed by atoms with Gasteiger partial charge in [-0.1, -0.05) is 82.9 Å². The van der Waals surface area contributed by atoms with E-state index in [0.717, 1.165) is 0 Å². The highest BCUT2D eigenvalue weighted by atomic mass is 15.0. The third-order valence-electron chi connectivity index (χ3n) is 10.6. The standard InChI is InChI=1S/C48H40N2/c1-29-7-15-37(16-8-29)49-45-19-11-31(3)23-41(45)43-27-35(13-21-47(43)49)39-25-34(6)40(26-33(39)5)36-14-22-48-44(28-36)42-24-32(4)12-20-46(42)50(48)38-17-9-30(2)10-18-38/h7-28H,1-6H3. The molecule has 0 aliphatic heterocycles. The highest BCUT2D eigenvalue weighted by molar-refractivity contribution is 6.12. The van der Waals surface area contributed by atoms with Crippen LogP contribution in [-0.2, 0) is 0 Å². The van der Waals surface area contributed by atoms with Crippen LogP contribution in [-0.4, -0.2) is 9.13 Å². The number of hydrogen-bond acceptors (Lipinski definition) is 0. The number of aromatic nitrogens is 2. The van der Waals surface area contributed by atoms with Crippen LogP contribution in [0, 0.1) is 41.5 Å². The maximum absolute atomic E-state index is 2.40. The fraction of sp³-hybridized carbons (Fsp3) is 0.125. The van der Waals surface area contributed by atoms with Crippen molar-refractivity contribution in [2.45, 2.75) is 41.5 Å². The van der Waals surface area contributed by atoms with E-state index in [1.165, 1.54) is 111 Å². The van der Waals surface area contributed by atoms with Crippen molar-refractivity contribution < 1.29 is 0 Å². The van der Waals surface area contributed by atoms with Gasteiger partial charge in [0, 0.05) is 32.9 Å². The van der Waals surface area contributed by atoms with Gasteiger partial charge in [0.15, 0.2) is 0 Å². The maximum atomic E-state index is 2.40. The highest BCUT2D eigenvalue weighted by Crippen LogP contribution is 2.40. The highest BCUT2D eigenvalue weighted by Gasteiger charge is 2.17. The molecule has 9 rings (SSSR count). The van der Waals surface area contributed by atoms with E-state index < -0.39 is 0 Å². The number of aryl methyl sites for hydroxylation is 6. The molecule has 7 aromatic carbocycles. The van der Waals surface area contributed by atoms with Gasteiger partial charge in [-0.2, -0.15) is 0 Å². The van der Waals surface area contributed by atoms with E-state index in [0.29, 0.717) is 0 Å². The molecule has 0 bridgehead atoms. The molecule has 50 heavy (non-hydrogen) atoms. The molecule has 2 aromatic heterocycles. The second-order valence-corrected chi connectivity index (χ2v) is 14.3. The van der Waals surface area contributed by atoms with Gasteiger partial charge in [0.05, 0.1) is 22.1 Å². The predicted octanol–water partition coefficient (Wildman–Crippen LogP) is 13.1. The molecular weight excluding hydrogens is 605 g/mol. The average molecular weight is 645 g/mol. The number of fused-ring (bicyclic) bond motifs is 6. The number of nitrogens with zero attached hydrogens (tertiary/aromatic N) is 2. The van der Waals surface area contributed by atoms with Crippen molar-refractivity contribution in [3.05, 3.63) is 167 Å². The first-order chi connectivity index (χ1) is 24.2. The minimum atomic E-state index is 1.19. The van der Waals surface area contributed by atoms with Crippen molar-refractivity contribution in [1.29, 1.82) is 0 Å². The molecule has 2 nitrogen and oxygen atoms in total. The van der Waals surface area contributed by atoms with Gasteiger partial charge in [0.2, 0.25) is 0 Å². The summed E-state index contributed by atoms with van der Waals surface area (Å²) in [5.74, 6) is 0. The van der Waals surface area contributed by atoms with Crippen LogP contribution in [0.25, 0.3) is 77.2 Å². The minimum absolute atomic E-state index is 1.19. The van der Waals surface area contributed by atoms with Crippen molar-refractivity contribution in [2.24, 2.45) is 0 Å². The monoisotopic (exact) mass is 644 g/mol. The fourth-order valence-electron chi connectivity index (χ4n) is 7.99. The molecule has 0 spiro atoms. The Kier molecular flexibility index (Phi) is 6.86. The van der Waals surface area contributed by atoms with Crippen LogP contribution in [0.15, 0.2) is 133 Å². The summed E-state index contributed by atoms with van der Waals surface area (Å²) in [7, 11) is 0. The van der Waals surface area contributed by atoms with E-state index in [4.69, 9.17) is 0 Å². The van der Waals surface area contributed by atoms with Gasteiger partial charge in [-0.05, 0) is 148 Å². The molecule has 0 saturated heterocycles. The third kappa shape index (κ3) is 4.78. The summed E-state index contributed by atoms with van der Waals surface area (Å²) in [4.78, 5) is 0. The van der Waals surface area contributed by atoms with E-state index in [1.807, 2.05) is 0 Å². The van der Waals surface area contributed by atoms with Gasteiger partial charge >= 0.3 is 0 Å². The Bertz CT molecular complexity index is 2590. The van der Waals surface area contributed by atoms with Crippen LogP contribution < -0.4 is 0 Å². The van der Waals surface area contributed by atoms with Crippen LogP contribution in [0.5, 0.6) is 0 Å². The molecule has 0 aliphatic rings. The van der Waals surface area contributed by atoms with E-state index in [9.17, 15) is 0 Å². The predicted molar refractivity (Wildman–Crippen MR) is 214 cm³/mol.